The minimum Gasteiger partial charge on any atom is -0.378 e. The Morgan fingerprint density at radius 1 is 1.22 bits per heavy atom. The SMILES string of the molecule is CCCCC(O)S(=O)(=O)c1ccc(N(C)C)cc1. The van der Waals surface area contributed by atoms with Crippen LogP contribution in [0.1, 0.15) is 26.2 Å². The molecule has 0 radical (unpaired) electrons. The van der Waals surface area contributed by atoms with Crippen molar-refractivity contribution in [3.05, 3.63) is 24.3 Å². The monoisotopic (exact) mass is 271 g/mol. The minimum absolute atomic E-state index is 0.178. The summed E-state index contributed by atoms with van der Waals surface area (Å²) in [5.74, 6) is 0. The molecule has 1 atom stereocenters. The molecule has 0 bridgehead atoms. The minimum atomic E-state index is -3.62. The highest BCUT2D eigenvalue weighted by molar-refractivity contribution is 7.91. The molecule has 0 aliphatic carbocycles. The van der Waals surface area contributed by atoms with E-state index in [-0.39, 0.29) is 11.3 Å². The van der Waals surface area contributed by atoms with E-state index in [1.54, 1.807) is 24.3 Å². The number of rotatable bonds is 6. The van der Waals surface area contributed by atoms with E-state index in [4.69, 9.17) is 0 Å². The summed E-state index contributed by atoms with van der Waals surface area (Å²) in [7, 11) is 0.160. The summed E-state index contributed by atoms with van der Waals surface area (Å²) < 4.78 is 24.1. The summed E-state index contributed by atoms with van der Waals surface area (Å²) in [6.45, 7) is 1.96. The third kappa shape index (κ3) is 3.46. The maximum absolute atomic E-state index is 12.1. The quantitative estimate of drug-likeness (QED) is 0.860. The average molecular weight is 271 g/mol. The van der Waals surface area contributed by atoms with Crippen LogP contribution in [0.3, 0.4) is 0 Å². The zero-order valence-corrected chi connectivity index (χ0v) is 11.9. The van der Waals surface area contributed by atoms with E-state index in [9.17, 15) is 13.5 Å². The van der Waals surface area contributed by atoms with Crippen molar-refractivity contribution in [2.75, 3.05) is 19.0 Å². The molecule has 0 saturated carbocycles. The lowest BCUT2D eigenvalue weighted by Crippen LogP contribution is -2.21. The van der Waals surface area contributed by atoms with Crippen LogP contribution in [0, 0.1) is 0 Å². The average Bonchev–Trinajstić information content (AvgIpc) is 2.35. The van der Waals surface area contributed by atoms with Gasteiger partial charge in [0.2, 0.25) is 9.84 Å². The fraction of sp³-hybridized carbons (Fsp3) is 0.538. The molecule has 0 aliphatic heterocycles. The molecule has 0 heterocycles. The molecule has 1 N–H and O–H groups in total. The van der Waals surface area contributed by atoms with Gasteiger partial charge in [-0.05, 0) is 30.7 Å². The van der Waals surface area contributed by atoms with Crippen LogP contribution >= 0.6 is 0 Å². The molecule has 1 unspecified atom stereocenters. The van der Waals surface area contributed by atoms with E-state index in [1.807, 2.05) is 25.9 Å². The number of nitrogens with zero attached hydrogens (tertiary/aromatic N) is 1. The predicted molar refractivity (Wildman–Crippen MR) is 73.5 cm³/mol. The third-order valence-corrected chi connectivity index (χ3v) is 4.73. The van der Waals surface area contributed by atoms with Crippen molar-refractivity contribution in [2.24, 2.45) is 0 Å². The Labute approximate surface area is 109 Å². The zero-order valence-electron chi connectivity index (χ0n) is 11.1. The van der Waals surface area contributed by atoms with Gasteiger partial charge in [-0.15, -0.1) is 0 Å². The molecular weight excluding hydrogens is 250 g/mol. The highest BCUT2D eigenvalue weighted by Gasteiger charge is 2.24. The van der Waals surface area contributed by atoms with E-state index >= 15 is 0 Å². The fourth-order valence-corrected chi connectivity index (χ4v) is 2.93. The molecule has 1 aromatic rings. The van der Waals surface area contributed by atoms with Crippen LogP contribution in [0.4, 0.5) is 5.69 Å². The summed E-state index contributed by atoms with van der Waals surface area (Å²) in [6.07, 6.45) is 1.86. The largest absolute Gasteiger partial charge is 0.378 e. The van der Waals surface area contributed by atoms with Crippen LogP contribution in [0.15, 0.2) is 29.2 Å². The Hall–Kier alpha value is -1.07. The van der Waals surface area contributed by atoms with Crippen molar-refractivity contribution < 1.29 is 13.5 Å². The molecule has 1 rings (SSSR count). The number of sulfone groups is 1. The third-order valence-electron chi connectivity index (χ3n) is 2.84. The van der Waals surface area contributed by atoms with Crippen LogP contribution in [0.5, 0.6) is 0 Å². The molecular formula is C13H21NO3S. The summed E-state index contributed by atoms with van der Waals surface area (Å²) in [5.41, 5.74) is -0.375. The second-order valence-corrected chi connectivity index (χ2v) is 6.64. The van der Waals surface area contributed by atoms with Crippen molar-refractivity contribution in [2.45, 2.75) is 36.5 Å². The Kier molecular flexibility index (Phi) is 5.16. The normalized spacial score (nSPS) is 13.3. The first-order valence-electron chi connectivity index (χ1n) is 6.09. The first kappa shape index (κ1) is 15.0. The maximum atomic E-state index is 12.1. The molecule has 0 spiro atoms. The number of aliphatic hydroxyl groups is 1. The van der Waals surface area contributed by atoms with Gasteiger partial charge in [0.1, 0.15) is 0 Å². The van der Waals surface area contributed by atoms with Crippen molar-refractivity contribution in [1.82, 2.24) is 0 Å². The van der Waals surface area contributed by atoms with Crippen molar-refractivity contribution in [1.29, 1.82) is 0 Å². The highest BCUT2D eigenvalue weighted by atomic mass is 32.2. The van der Waals surface area contributed by atoms with Gasteiger partial charge in [0.15, 0.2) is 5.44 Å². The van der Waals surface area contributed by atoms with Crippen LogP contribution < -0.4 is 4.90 Å². The molecule has 102 valence electrons. The van der Waals surface area contributed by atoms with E-state index in [1.165, 1.54) is 0 Å². The molecule has 0 fully saturated rings. The first-order chi connectivity index (χ1) is 8.39. The summed E-state index contributed by atoms with van der Waals surface area (Å²) in [5, 5.41) is 9.74. The first-order valence-corrected chi connectivity index (χ1v) is 7.63. The molecule has 1 aromatic carbocycles. The topological polar surface area (TPSA) is 57.6 Å². The van der Waals surface area contributed by atoms with Crippen molar-refractivity contribution >= 4 is 15.5 Å². The molecule has 0 amide bonds. The fourth-order valence-electron chi connectivity index (χ4n) is 1.62. The predicted octanol–water partition coefficient (Wildman–Crippen LogP) is 2.03. The van der Waals surface area contributed by atoms with Gasteiger partial charge >= 0.3 is 0 Å². The van der Waals surface area contributed by atoms with E-state index in [0.717, 1.165) is 12.1 Å². The molecule has 5 heteroatoms. The van der Waals surface area contributed by atoms with E-state index in [0.29, 0.717) is 6.42 Å². The van der Waals surface area contributed by atoms with E-state index in [2.05, 4.69) is 0 Å². The number of hydrogen-bond donors (Lipinski definition) is 1. The summed E-state index contributed by atoms with van der Waals surface area (Å²) in [6, 6.07) is 6.55. The maximum Gasteiger partial charge on any atom is 0.204 e. The van der Waals surface area contributed by atoms with Crippen LogP contribution in [0.25, 0.3) is 0 Å². The van der Waals surface area contributed by atoms with Gasteiger partial charge in [-0.3, -0.25) is 0 Å². The van der Waals surface area contributed by atoms with Crippen LogP contribution in [0.2, 0.25) is 0 Å². The Morgan fingerprint density at radius 3 is 2.22 bits per heavy atom. The lowest BCUT2D eigenvalue weighted by atomic mass is 10.3. The second-order valence-electron chi connectivity index (χ2n) is 4.53. The summed E-state index contributed by atoms with van der Waals surface area (Å²) >= 11 is 0. The number of hydrogen-bond acceptors (Lipinski definition) is 4. The Bertz CT molecular complexity index is 466. The van der Waals surface area contributed by atoms with E-state index < -0.39 is 15.3 Å². The second kappa shape index (κ2) is 6.20. The Balaban J connectivity index is 2.91. The number of unbranched alkanes of at least 4 members (excludes halogenated alkanes) is 1. The van der Waals surface area contributed by atoms with Gasteiger partial charge in [0, 0.05) is 19.8 Å². The van der Waals surface area contributed by atoms with Crippen LogP contribution in [-0.4, -0.2) is 33.1 Å². The number of benzene rings is 1. The highest BCUT2D eigenvalue weighted by Crippen LogP contribution is 2.21. The van der Waals surface area contributed by atoms with Gasteiger partial charge in [0.05, 0.1) is 4.90 Å². The molecule has 0 saturated heterocycles. The van der Waals surface area contributed by atoms with Crippen molar-refractivity contribution in [3.8, 4) is 0 Å². The molecule has 4 nitrogen and oxygen atoms in total. The molecule has 18 heavy (non-hydrogen) atoms. The zero-order chi connectivity index (χ0) is 13.8. The van der Waals surface area contributed by atoms with Gasteiger partial charge in [0.25, 0.3) is 0 Å². The lowest BCUT2D eigenvalue weighted by molar-refractivity contribution is 0.234. The van der Waals surface area contributed by atoms with Gasteiger partial charge in [-0.1, -0.05) is 19.8 Å². The lowest BCUT2D eigenvalue weighted by Gasteiger charge is -2.14. The van der Waals surface area contributed by atoms with Gasteiger partial charge in [-0.2, -0.15) is 0 Å². The molecule has 0 aliphatic rings. The molecule has 0 aromatic heterocycles. The smallest absolute Gasteiger partial charge is 0.204 e. The summed E-state index contributed by atoms with van der Waals surface area (Å²) in [4.78, 5) is 2.07. The van der Waals surface area contributed by atoms with Crippen molar-refractivity contribution in [3.63, 3.8) is 0 Å². The van der Waals surface area contributed by atoms with Gasteiger partial charge in [-0.25, -0.2) is 8.42 Å². The van der Waals surface area contributed by atoms with Gasteiger partial charge < -0.3 is 10.0 Å². The number of aliphatic hydroxyl groups excluding tert-OH is 1. The Morgan fingerprint density at radius 2 is 1.78 bits per heavy atom. The van der Waals surface area contributed by atoms with Crippen LogP contribution in [-0.2, 0) is 9.84 Å². The standard InChI is InChI=1S/C13H21NO3S/c1-4-5-6-13(15)18(16,17)12-9-7-11(8-10-12)14(2)3/h7-10,13,15H,4-6H2,1-3H3. The number of anilines is 1.